The number of aryl methyl sites for hydroxylation is 2. The van der Waals surface area contributed by atoms with Crippen molar-refractivity contribution in [1.82, 2.24) is 0 Å². The van der Waals surface area contributed by atoms with Crippen molar-refractivity contribution in [1.29, 1.82) is 0 Å². The van der Waals surface area contributed by atoms with Gasteiger partial charge in [-0.15, -0.1) is 0 Å². The molecule has 26 heavy (non-hydrogen) atoms. The summed E-state index contributed by atoms with van der Waals surface area (Å²) < 4.78 is 5.52. The normalized spacial score (nSPS) is 11.3. The van der Waals surface area contributed by atoms with Crippen molar-refractivity contribution in [3.63, 3.8) is 0 Å². The molecular weight excluding hydrogens is 375 g/mol. The van der Waals surface area contributed by atoms with Crippen LogP contribution in [0, 0.1) is 20.8 Å². The number of oxime groups is 1. The maximum Gasteiger partial charge on any atom is 0.372 e. The molecule has 2 aromatic carbocycles. The van der Waals surface area contributed by atoms with Gasteiger partial charge >= 0.3 is 5.97 Å². The van der Waals surface area contributed by atoms with Gasteiger partial charge in [0, 0.05) is 6.42 Å². The highest BCUT2D eigenvalue weighted by Gasteiger charge is 2.09. The van der Waals surface area contributed by atoms with E-state index in [9.17, 15) is 4.79 Å². The highest BCUT2D eigenvalue weighted by molar-refractivity contribution is 6.42. The summed E-state index contributed by atoms with van der Waals surface area (Å²) in [6.45, 7) is 5.63. The van der Waals surface area contributed by atoms with Gasteiger partial charge in [0.25, 0.3) is 0 Å². The lowest BCUT2D eigenvalue weighted by atomic mass is 10.1. The molecule has 0 saturated carbocycles. The number of benzene rings is 2. The number of rotatable bonds is 6. The minimum atomic E-state index is -0.638. The number of amidine groups is 1. The van der Waals surface area contributed by atoms with Crippen molar-refractivity contribution in [2.24, 2.45) is 10.9 Å². The summed E-state index contributed by atoms with van der Waals surface area (Å²) in [5, 5.41) is 4.51. The average molecular weight is 395 g/mol. The molecule has 0 spiro atoms. The second-order valence-electron chi connectivity index (χ2n) is 5.96. The van der Waals surface area contributed by atoms with E-state index >= 15 is 0 Å². The summed E-state index contributed by atoms with van der Waals surface area (Å²) >= 11 is 11.8. The van der Waals surface area contributed by atoms with Crippen LogP contribution < -0.4 is 10.5 Å². The van der Waals surface area contributed by atoms with Crippen LogP contribution in [0.5, 0.6) is 5.75 Å². The van der Waals surface area contributed by atoms with Crippen LogP contribution in [0.4, 0.5) is 0 Å². The first-order chi connectivity index (χ1) is 12.3. The smallest absolute Gasteiger partial charge is 0.372 e. The van der Waals surface area contributed by atoms with Crippen LogP contribution in [-0.2, 0) is 16.1 Å². The van der Waals surface area contributed by atoms with E-state index in [1.807, 2.05) is 26.8 Å². The Balaban J connectivity index is 1.89. The van der Waals surface area contributed by atoms with E-state index in [1.165, 1.54) is 0 Å². The van der Waals surface area contributed by atoms with Crippen molar-refractivity contribution < 1.29 is 14.4 Å². The summed E-state index contributed by atoms with van der Waals surface area (Å²) in [4.78, 5) is 16.6. The van der Waals surface area contributed by atoms with Crippen LogP contribution in [0.25, 0.3) is 0 Å². The lowest BCUT2D eigenvalue weighted by Crippen LogP contribution is -2.19. The largest absolute Gasteiger partial charge is 0.482 e. The van der Waals surface area contributed by atoms with Crippen LogP contribution >= 0.6 is 23.2 Å². The molecule has 0 heterocycles. The number of hydrogen-bond acceptors (Lipinski definition) is 4. The quantitative estimate of drug-likeness (QED) is 0.342. The van der Waals surface area contributed by atoms with Gasteiger partial charge in [-0.1, -0.05) is 40.5 Å². The molecule has 0 aliphatic heterocycles. The van der Waals surface area contributed by atoms with E-state index in [0.717, 1.165) is 22.3 Å². The van der Waals surface area contributed by atoms with Crippen molar-refractivity contribution in [3.05, 3.63) is 62.6 Å². The van der Waals surface area contributed by atoms with E-state index in [-0.39, 0.29) is 18.9 Å². The standard InChI is InChI=1S/C19H20Cl2N2O3/c1-11-6-12(2)13(3)17(7-11)25-10-19(24)26-23-18(22)9-14-4-5-15(20)16(21)8-14/h4-8H,9-10H2,1-3H3,(H2,22,23). The van der Waals surface area contributed by atoms with Crippen molar-refractivity contribution in [2.75, 3.05) is 6.61 Å². The predicted molar refractivity (Wildman–Crippen MR) is 104 cm³/mol. The first kappa shape index (κ1) is 20.1. The molecule has 0 radical (unpaired) electrons. The van der Waals surface area contributed by atoms with Crippen molar-refractivity contribution in [2.45, 2.75) is 27.2 Å². The summed E-state index contributed by atoms with van der Waals surface area (Å²) in [6.07, 6.45) is 0.279. The molecule has 7 heteroatoms. The molecule has 0 aliphatic rings. The number of ether oxygens (including phenoxy) is 1. The SMILES string of the molecule is Cc1cc(C)c(C)c(OCC(=O)O/N=C(\N)Cc2ccc(Cl)c(Cl)c2)c1. The Morgan fingerprint density at radius 3 is 2.54 bits per heavy atom. The Labute approximate surface area is 162 Å². The highest BCUT2D eigenvalue weighted by Crippen LogP contribution is 2.24. The van der Waals surface area contributed by atoms with Gasteiger partial charge in [0.05, 0.1) is 10.0 Å². The number of nitrogens with zero attached hydrogens (tertiary/aromatic N) is 1. The fraction of sp³-hybridized carbons (Fsp3) is 0.263. The van der Waals surface area contributed by atoms with Crippen LogP contribution in [0.2, 0.25) is 10.0 Å². The predicted octanol–water partition coefficient (Wildman–Crippen LogP) is 4.36. The second kappa shape index (κ2) is 8.92. The van der Waals surface area contributed by atoms with Gasteiger partial charge in [-0.2, -0.15) is 0 Å². The minimum absolute atomic E-state index is 0.138. The van der Waals surface area contributed by atoms with Crippen LogP contribution in [0.1, 0.15) is 22.3 Å². The Bertz CT molecular complexity index is 851. The topological polar surface area (TPSA) is 73.9 Å². The molecule has 2 rings (SSSR count). The fourth-order valence-electron chi connectivity index (χ4n) is 2.31. The van der Waals surface area contributed by atoms with Crippen LogP contribution in [0.3, 0.4) is 0 Å². The second-order valence-corrected chi connectivity index (χ2v) is 6.78. The number of halogens is 2. The van der Waals surface area contributed by atoms with E-state index in [0.29, 0.717) is 15.8 Å². The zero-order valence-electron chi connectivity index (χ0n) is 14.8. The van der Waals surface area contributed by atoms with Gasteiger partial charge in [-0.3, -0.25) is 0 Å². The Hall–Kier alpha value is -2.24. The van der Waals surface area contributed by atoms with Gasteiger partial charge in [-0.25, -0.2) is 4.79 Å². The maximum atomic E-state index is 11.8. The van der Waals surface area contributed by atoms with Crippen molar-refractivity contribution in [3.8, 4) is 5.75 Å². The molecule has 2 aromatic rings. The first-order valence-electron chi connectivity index (χ1n) is 7.93. The Morgan fingerprint density at radius 2 is 1.85 bits per heavy atom. The molecule has 138 valence electrons. The number of carbonyl (C=O) groups excluding carboxylic acids is 1. The fourth-order valence-corrected chi connectivity index (χ4v) is 2.63. The third-order valence-corrected chi connectivity index (χ3v) is 4.48. The summed E-state index contributed by atoms with van der Waals surface area (Å²) in [5.74, 6) is 0.146. The molecule has 0 fully saturated rings. The zero-order valence-corrected chi connectivity index (χ0v) is 16.3. The number of hydrogen-bond donors (Lipinski definition) is 1. The lowest BCUT2D eigenvalue weighted by Gasteiger charge is -2.11. The van der Waals surface area contributed by atoms with Gasteiger partial charge in [0.1, 0.15) is 11.6 Å². The summed E-state index contributed by atoms with van der Waals surface area (Å²) in [6, 6.07) is 9.04. The lowest BCUT2D eigenvalue weighted by molar-refractivity contribution is -0.146. The van der Waals surface area contributed by atoms with Gasteiger partial charge in [0.2, 0.25) is 0 Å². The van der Waals surface area contributed by atoms with E-state index in [4.69, 9.17) is 38.5 Å². The molecule has 0 atom stereocenters. The Kier molecular flexibility index (Phi) is 6.89. The van der Waals surface area contributed by atoms with E-state index < -0.39 is 5.97 Å². The third-order valence-electron chi connectivity index (χ3n) is 3.74. The summed E-state index contributed by atoms with van der Waals surface area (Å²) in [7, 11) is 0. The highest BCUT2D eigenvalue weighted by atomic mass is 35.5. The van der Waals surface area contributed by atoms with E-state index in [2.05, 4.69) is 11.2 Å². The van der Waals surface area contributed by atoms with Gasteiger partial charge < -0.3 is 15.3 Å². The monoisotopic (exact) mass is 394 g/mol. The Morgan fingerprint density at radius 1 is 1.12 bits per heavy atom. The molecular formula is C19H20Cl2N2O3. The zero-order chi connectivity index (χ0) is 19.3. The molecule has 0 amide bonds. The molecule has 5 nitrogen and oxygen atoms in total. The van der Waals surface area contributed by atoms with E-state index in [1.54, 1.807) is 18.2 Å². The molecule has 0 bridgehead atoms. The third kappa shape index (κ3) is 5.64. The average Bonchev–Trinajstić information content (AvgIpc) is 2.58. The van der Waals surface area contributed by atoms with Crippen molar-refractivity contribution >= 4 is 35.0 Å². The van der Waals surface area contributed by atoms with Crippen LogP contribution in [-0.4, -0.2) is 18.4 Å². The van der Waals surface area contributed by atoms with Crippen LogP contribution in [0.15, 0.2) is 35.5 Å². The number of nitrogens with two attached hydrogens (primary N) is 1. The van der Waals surface area contributed by atoms with Gasteiger partial charge in [0.15, 0.2) is 6.61 Å². The maximum absolute atomic E-state index is 11.8. The molecule has 0 unspecified atom stereocenters. The first-order valence-corrected chi connectivity index (χ1v) is 8.68. The molecule has 0 saturated heterocycles. The minimum Gasteiger partial charge on any atom is -0.482 e. The molecule has 0 aromatic heterocycles. The molecule has 0 aliphatic carbocycles. The summed E-state index contributed by atoms with van der Waals surface area (Å²) in [5.41, 5.74) is 9.70. The molecule has 2 N–H and O–H groups in total. The number of carbonyl (C=O) groups is 1. The van der Waals surface area contributed by atoms with Gasteiger partial charge in [-0.05, 0) is 61.2 Å².